The van der Waals surface area contributed by atoms with E-state index in [0.29, 0.717) is 13.0 Å². The molecule has 98 valence electrons. The Bertz CT molecular complexity index is 432. The van der Waals surface area contributed by atoms with Gasteiger partial charge in [0.25, 0.3) is 0 Å². The smallest absolute Gasteiger partial charge is 0.229 e. The Balaban J connectivity index is 1.99. The molecule has 0 spiro atoms. The summed E-state index contributed by atoms with van der Waals surface area (Å²) in [5.41, 5.74) is 2.10. The molecule has 0 aromatic heterocycles. The number of fused-ring (bicyclic) bond motifs is 1. The molecule has 3 atom stereocenters. The Kier molecular flexibility index (Phi) is 3.87. The lowest BCUT2D eigenvalue weighted by Gasteiger charge is -2.18. The lowest BCUT2D eigenvalue weighted by Crippen LogP contribution is -2.38. The summed E-state index contributed by atoms with van der Waals surface area (Å²) in [7, 11) is 0. The van der Waals surface area contributed by atoms with E-state index in [2.05, 4.69) is 10.6 Å². The van der Waals surface area contributed by atoms with Gasteiger partial charge in [-0.3, -0.25) is 4.79 Å². The van der Waals surface area contributed by atoms with Crippen LogP contribution in [0.3, 0.4) is 0 Å². The second-order valence-corrected chi connectivity index (χ2v) is 5.02. The number of amides is 1. The van der Waals surface area contributed by atoms with E-state index < -0.39 is 6.10 Å². The van der Waals surface area contributed by atoms with Crippen LogP contribution in [0.15, 0.2) is 24.3 Å². The van der Waals surface area contributed by atoms with Crippen LogP contribution in [0.1, 0.15) is 31.7 Å². The lowest BCUT2D eigenvalue weighted by atomic mass is 10.00. The number of carbonyl (C=O) groups excluding carboxylic acids is 1. The van der Waals surface area contributed by atoms with Crippen molar-refractivity contribution in [2.45, 2.75) is 38.3 Å². The predicted octanol–water partition coefficient (Wildman–Crippen LogP) is 1.47. The van der Waals surface area contributed by atoms with Crippen molar-refractivity contribution in [1.82, 2.24) is 5.32 Å². The number of aliphatic hydroxyl groups excluding tert-OH is 1. The molecule has 4 nitrogen and oxygen atoms in total. The minimum atomic E-state index is -0.394. The number of aliphatic hydroxyl groups is 1. The van der Waals surface area contributed by atoms with Crippen molar-refractivity contribution in [1.29, 1.82) is 0 Å². The molecule has 1 aliphatic heterocycles. The molecule has 0 radical (unpaired) electrons. The molecule has 1 amide bonds. The quantitative estimate of drug-likeness (QED) is 0.756. The number of benzene rings is 1. The largest absolute Gasteiger partial charge is 0.393 e. The average Bonchev–Trinajstić information content (AvgIpc) is 2.71. The van der Waals surface area contributed by atoms with E-state index >= 15 is 0 Å². The van der Waals surface area contributed by atoms with Gasteiger partial charge >= 0.3 is 0 Å². The molecule has 3 unspecified atom stereocenters. The molecule has 0 saturated heterocycles. The third-order valence-corrected chi connectivity index (χ3v) is 3.23. The van der Waals surface area contributed by atoms with Gasteiger partial charge in [-0.2, -0.15) is 0 Å². The van der Waals surface area contributed by atoms with E-state index in [9.17, 15) is 9.90 Å². The molecule has 0 fully saturated rings. The van der Waals surface area contributed by atoms with Gasteiger partial charge in [-0.25, -0.2) is 0 Å². The van der Waals surface area contributed by atoms with Crippen LogP contribution in [0.4, 0.5) is 5.69 Å². The Morgan fingerprint density at radius 3 is 2.94 bits per heavy atom. The molecule has 0 aliphatic carbocycles. The lowest BCUT2D eigenvalue weighted by molar-refractivity contribution is -0.122. The maximum absolute atomic E-state index is 12.2. The Hall–Kier alpha value is -1.55. The topological polar surface area (TPSA) is 61.4 Å². The van der Waals surface area contributed by atoms with Crippen LogP contribution in [-0.4, -0.2) is 29.7 Å². The molecule has 1 heterocycles. The number of hydrogen-bond donors (Lipinski definition) is 3. The first-order valence-corrected chi connectivity index (χ1v) is 6.39. The maximum Gasteiger partial charge on any atom is 0.229 e. The number of nitrogens with one attached hydrogen (secondary N) is 2. The third kappa shape index (κ3) is 2.82. The van der Waals surface area contributed by atoms with E-state index in [-0.39, 0.29) is 17.9 Å². The molecule has 4 heteroatoms. The standard InChI is InChI=1S/C14H20N2O2/c1-9(7-10(2)17)16-14(18)12-8-15-13-6-4-3-5-11(12)13/h3-6,9-10,12,15,17H,7-8H2,1-2H3,(H,16,18). The highest BCUT2D eigenvalue weighted by atomic mass is 16.3. The number of rotatable bonds is 4. The van der Waals surface area contributed by atoms with E-state index in [1.54, 1.807) is 6.92 Å². The maximum atomic E-state index is 12.2. The first-order chi connectivity index (χ1) is 8.58. The molecule has 0 saturated carbocycles. The summed E-state index contributed by atoms with van der Waals surface area (Å²) >= 11 is 0. The fourth-order valence-electron chi connectivity index (χ4n) is 2.43. The number of para-hydroxylation sites is 1. The summed E-state index contributed by atoms with van der Waals surface area (Å²) < 4.78 is 0. The van der Waals surface area contributed by atoms with E-state index in [4.69, 9.17) is 0 Å². The highest BCUT2D eigenvalue weighted by molar-refractivity contribution is 5.88. The summed E-state index contributed by atoms with van der Waals surface area (Å²) in [6.45, 7) is 4.29. The SMILES string of the molecule is CC(O)CC(C)NC(=O)C1CNc2ccccc21. The Morgan fingerprint density at radius 2 is 2.22 bits per heavy atom. The summed E-state index contributed by atoms with van der Waals surface area (Å²) in [6.07, 6.45) is 0.183. The van der Waals surface area contributed by atoms with Gasteiger partial charge in [0.2, 0.25) is 5.91 Å². The molecule has 18 heavy (non-hydrogen) atoms. The van der Waals surface area contributed by atoms with E-state index in [1.165, 1.54) is 0 Å². The van der Waals surface area contributed by atoms with Crippen molar-refractivity contribution in [3.63, 3.8) is 0 Å². The third-order valence-electron chi connectivity index (χ3n) is 3.23. The fraction of sp³-hybridized carbons (Fsp3) is 0.500. The Labute approximate surface area is 107 Å². The summed E-state index contributed by atoms with van der Waals surface area (Å²) in [4.78, 5) is 12.2. The molecule has 1 aromatic carbocycles. The first-order valence-electron chi connectivity index (χ1n) is 6.39. The van der Waals surface area contributed by atoms with Crippen LogP contribution >= 0.6 is 0 Å². The molecule has 0 bridgehead atoms. The fourth-order valence-corrected chi connectivity index (χ4v) is 2.43. The van der Waals surface area contributed by atoms with Crippen molar-refractivity contribution >= 4 is 11.6 Å². The molecule has 1 aromatic rings. The van der Waals surface area contributed by atoms with Crippen molar-refractivity contribution in [2.75, 3.05) is 11.9 Å². The van der Waals surface area contributed by atoms with Gasteiger partial charge in [0.05, 0.1) is 12.0 Å². The van der Waals surface area contributed by atoms with Crippen LogP contribution in [0.5, 0.6) is 0 Å². The van der Waals surface area contributed by atoms with Gasteiger partial charge in [-0.15, -0.1) is 0 Å². The second kappa shape index (κ2) is 5.40. The zero-order valence-electron chi connectivity index (χ0n) is 10.8. The highest BCUT2D eigenvalue weighted by Crippen LogP contribution is 2.31. The van der Waals surface area contributed by atoms with Gasteiger partial charge in [0.1, 0.15) is 0 Å². The van der Waals surface area contributed by atoms with Crippen LogP contribution in [0.25, 0.3) is 0 Å². The summed E-state index contributed by atoms with van der Waals surface area (Å²) in [5, 5.41) is 15.5. The normalized spacial score (nSPS) is 20.7. The van der Waals surface area contributed by atoms with Crippen LogP contribution in [-0.2, 0) is 4.79 Å². The van der Waals surface area contributed by atoms with Gasteiger partial charge < -0.3 is 15.7 Å². The number of anilines is 1. The minimum Gasteiger partial charge on any atom is -0.393 e. The van der Waals surface area contributed by atoms with Gasteiger partial charge in [-0.05, 0) is 31.9 Å². The Morgan fingerprint density at radius 1 is 1.50 bits per heavy atom. The minimum absolute atomic E-state index is 0.00902. The van der Waals surface area contributed by atoms with Crippen LogP contribution in [0.2, 0.25) is 0 Å². The van der Waals surface area contributed by atoms with E-state index in [1.807, 2.05) is 31.2 Å². The average molecular weight is 248 g/mol. The van der Waals surface area contributed by atoms with Crippen molar-refractivity contribution in [3.05, 3.63) is 29.8 Å². The number of carbonyl (C=O) groups is 1. The summed E-state index contributed by atoms with van der Waals surface area (Å²) in [5.74, 6) is -0.0988. The second-order valence-electron chi connectivity index (χ2n) is 5.02. The molecule has 1 aliphatic rings. The molecule has 3 N–H and O–H groups in total. The van der Waals surface area contributed by atoms with Crippen molar-refractivity contribution < 1.29 is 9.90 Å². The highest BCUT2D eigenvalue weighted by Gasteiger charge is 2.28. The molecular weight excluding hydrogens is 228 g/mol. The van der Waals surface area contributed by atoms with Gasteiger partial charge in [0.15, 0.2) is 0 Å². The summed E-state index contributed by atoms with van der Waals surface area (Å²) in [6, 6.07) is 7.87. The molecule has 2 rings (SSSR count). The molecular formula is C14H20N2O2. The van der Waals surface area contributed by atoms with Crippen molar-refractivity contribution in [3.8, 4) is 0 Å². The van der Waals surface area contributed by atoms with Gasteiger partial charge in [0, 0.05) is 18.3 Å². The monoisotopic (exact) mass is 248 g/mol. The predicted molar refractivity (Wildman–Crippen MR) is 71.6 cm³/mol. The zero-order chi connectivity index (χ0) is 13.1. The van der Waals surface area contributed by atoms with Crippen molar-refractivity contribution in [2.24, 2.45) is 0 Å². The first kappa shape index (κ1) is 12.9. The van der Waals surface area contributed by atoms with Gasteiger partial charge in [-0.1, -0.05) is 18.2 Å². The van der Waals surface area contributed by atoms with E-state index in [0.717, 1.165) is 11.3 Å². The van der Waals surface area contributed by atoms with Crippen LogP contribution in [0, 0.1) is 0 Å². The number of hydrogen-bond acceptors (Lipinski definition) is 3. The van der Waals surface area contributed by atoms with Crippen LogP contribution < -0.4 is 10.6 Å². The zero-order valence-corrected chi connectivity index (χ0v) is 10.8.